The van der Waals surface area contributed by atoms with Gasteiger partial charge in [-0.15, -0.1) is 0 Å². The van der Waals surface area contributed by atoms with E-state index in [4.69, 9.17) is 27.9 Å². The van der Waals surface area contributed by atoms with Crippen molar-refractivity contribution in [2.75, 3.05) is 41.9 Å². The van der Waals surface area contributed by atoms with Crippen LogP contribution in [0.5, 0.6) is 5.75 Å². The lowest BCUT2D eigenvalue weighted by molar-refractivity contribution is 0.122. The lowest BCUT2D eigenvalue weighted by Crippen LogP contribution is -2.37. The molecular formula is C23H23Cl2FN6O2. The lowest BCUT2D eigenvalue weighted by atomic mass is 10.1. The van der Waals surface area contributed by atoms with Crippen molar-refractivity contribution in [3.63, 3.8) is 0 Å². The van der Waals surface area contributed by atoms with Gasteiger partial charge in [-0.05, 0) is 37.1 Å². The number of anilines is 4. The summed E-state index contributed by atoms with van der Waals surface area (Å²) in [6.07, 6.45) is 2.48. The molecule has 0 aliphatic carbocycles. The van der Waals surface area contributed by atoms with Gasteiger partial charge in [0.15, 0.2) is 11.6 Å². The third kappa shape index (κ3) is 5.16. The Morgan fingerprint density at radius 2 is 1.94 bits per heavy atom. The Morgan fingerprint density at radius 1 is 1.18 bits per heavy atom. The summed E-state index contributed by atoms with van der Waals surface area (Å²) in [4.78, 5) is 9.92. The van der Waals surface area contributed by atoms with Crippen LogP contribution in [0.2, 0.25) is 10.0 Å². The number of aryl methyl sites for hydroxylation is 2. The summed E-state index contributed by atoms with van der Waals surface area (Å²) in [6, 6.07) is 7.28. The first kappa shape index (κ1) is 24.0. The molecule has 2 heterocycles. The van der Waals surface area contributed by atoms with E-state index in [9.17, 15) is 9.50 Å². The number of halogens is 3. The van der Waals surface area contributed by atoms with Crippen LogP contribution in [0.15, 0.2) is 35.6 Å². The van der Waals surface area contributed by atoms with E-state index >= 15 is 0 Å². The molecule has 0 radical (unpaired) electrons. The predicted molar refractivity (Wildman–Crippen MR) is 134 cm³/mol. The lowest BCUT2D eigenvalue weighted by Gasteiger charge is -2.27. The Kier molecular flexibility index (Phi) is 7.35. The number of phenols is 1. The number of hydrogen-bond donors (Lipinski definition) is 3. The fraction of sp³-hybridized carbons (Fsp3) is 0.261. The number of ether oxygens (including phenoxy) is 1. The fourth-order valence-electron chi connectivity index (χ4n) is 3.53. The second-order valence-electron chi connectivity index (χ2n) is 7.71. The Balaban J connectivity index is 1.53. The van der Waals surface area contributed by atoms with Gasteiger partial charge in [-0.1, -0.05) is 35.3 Å². The van der Waals surface area contributed by atoms with Crippen molar-refractivity contribution in [2.24, 2.45) is 5.10 Å². The summed E-state index contributed by atoms with van der Waals surface area (Å²) in [6.45, 7) is 5.86. The smallest absolute Gasteiger partial charge is 0.245 e. The number of aromatic hydroxyl groups is 1. The standard InChI is InChI=1S/C23H23Cl2FN6O2/c1-13-4-3-5-16(24)19(13)29-20-14(2)10-15(21(33)18(20)25)11-28-31-23-27-12-17(26)22(30-23)32-6-8-34-9-7-32/h3-5,10-12,29,33H,6-9H2,1-2H3,(H,27,30,31)/b28-11-. The fourth-order valence-corrected chi connectivity index (χ4v) is 4.10. The van der Waals surface area contributed by atoms with Gasteiger partial charge in [-0.3, -0.25) is 0 Å². The number of nitrogens with zero attached hydrogens (tertiary/aromatic N) is 4. The van der Waals surface area contributed by atoms with E-state index in [0.717, 1.165) is 17.3 Å². The molecule has 34 heavy (non-hydrogen) atoms. The van der Waals surface area contributed by atoms with E-state index in [0.29, 0.717) is 48.3 Å². The summed E-state index contributed by atoms with van der Waals surface area (Å²) < 4.78 is 19.5. The van der Waals surface area contributed by atoms with Gasteiger partial charge in [0, 0.05) is 18.7 Å². The maximum absolute atomic E-state index is 14.2. The van der Waals surface area contributed by atoms with Crippen molar-refractivity contribution in [1.82, 2.24) is 9.97 Å². The van der Waals surface area contributed by atoms with Crippen LogP contribution >= 0.6 is 23.2 Å². The summed E-state index contributed by atoms with van der Waals surface area (Å²) in [7, 11) is 0. The van der Waals surface area contributed by atoms with Crippen molar-refractivity contribution in [3.8, 4) is 5.75 Å². The van der Waals surface area contributed by atoms with Crippen LogP contribution < -0.4 is 15.6 Å². The quantitative estimate of drug-likeness (QED) is 0.310. The zero-order chi connectivity index (χ0) is 24.2. The highest BCUT2D eigenvalue weighted by molar-refractivity contribution is 6.36. The molecule has 3 N–H and O–H groups in total. The van der Waals surface area contributed by atoms with Crippen LogP contribution in [0.4, 0.5) is 27.5 Å². The van der Waals surface area contributed by atoms with Crippen LogP contribution in [0.1, 0.15) is 16.7 Å². The van der Waals surface area contributed by atoms with Crippen molar-refractivity contribution < 1.29 is 14.2 Å². The first-order valence-electron chi connectivity index (χ1n) is 10.5. The van der Waals surface area contributed by atoms with Crippen molar-refractivity contribution in [2.45, 2.75) is 13.8 Å². The minimum Gasteiger partial charge on any atom is -0.506 e. The van der Waals surface area contributed by atoms with E-state index in [1.54, 1.807) is 17.0 Å². The molecule has 0 bridgehead atoms. The van der Waals surface area contributed by atoms with Crippen LogP contribution in [0, 0.1) is 19.7 Å². The topological polar surface area (TPSA) is 94.9 Å². The predicted octanol–water partition coefficient (Wildman–Crippen LogP) is 5.27. The number of phenolic OH excluding ortho intramolecular Hbond substituents is 1. The molecule has 1 saturated heterocycles. The SMILES string of the molecule is Cc1cccc(Cl)c1Nc1c(C)cc(/C=N\Nc2ncc(F)c(N3CCOCC3)n2)c(O)c1Cl. The van der Waals surface area contributed by atoms with E-state index in [1.807, 2.05) is 26.0 Å². The maximum Gasteiger partial charge on any atom is 0.245 e. The van der Waals surface area contributed by atoms with Gasteiger partial charge >= 0.3 is 0 Å². The van der Waals surface area contributed by atoms with Crippen LogP contribution in [0.25, 0.3) is 0 Å². The monoisotopic (exact) mass is 504 g/mol. The highest BCUT2D eigenvalue weighted by atomic mass is 35.5. The molecule has 0 spiro atoms. The Hall–Kier alpha value is -3.14. The van der Waals surface area contributed by atoms with Crippen LogP contribution in [0.3, 0.4) is 0 Å². The zero-order valence-corrected chi connectivity index (χ0v) is 20.1. The molecule has 3 aromatic rings. The van der Waals surface area contributed by atoms with Gasteiger partial charge in [0.25, 0.3) is 0 Å². The molecule has 1 fully saturated rings. The number of morpholine rings is 1. The average molecular weight is 505 g/mol. The molecule has 0 atom stereocenters. The molecule has 11 heteroatoms. The number of benzene rings is 2. The average Bonchev–Trinajstić information content (AvgIpc) is 2.83. The summed E-state index contributed by atoms with van der Waals surface area (Å²) in [5, 5.41) is 18.6. The molecule has 8 nitrogen and oxygen atoms in total. The molecule has 0 unspecified atom stereocenters. The largest absolute Gasteiger partial charge is 0.506 e. The Morgan fingerprint density at radius 3 is 2.68 bits per heavy atom. The molecule has 2 aromatic carbocycles. The van der Waals surface area contributed by atoms with Gasteiger partial charge in [-0.25, -0.2) is 14.8 Å². The van der Waals surface area contributed by atoms with Gasteiger partial charge in [0.1, 0.15) is 10.8 Å². The van der Waals surface area contributed by atoms with E-state index in [-0.39, 0.29) is 22.5 Å². The third-order valence-electron chi connectivity index (χ3n) is 5.34. The van der Waals surface area contributed by atoms with Gasteiger partial charge in [-0.2, -0.15) is 10.1 Å². The first-order chi connectivity index (χ1) is 16.3. The molecule has 4 rings (SSSR count). The van der Waals surface area contributed by atoms with E-state index < -0.39 is 5.82 Å². The van der Waals surface area contributed by atoms with E-state index in [2.05, 4.69) is 25.8 Å². The van der Waals surface area contributed by atoms with Crippen molar-refractivity contribution in [1.29, 1.82) is 0 Å². The maximum atomic E-state index is 14.2. The number of aromatic nitrogens is 2. The normalized spacial score (nSPS) is 14.0. The molecule has 1 aromatic heterocycles. The van der Waals surface area contributed by atoms with Crippen LogP contribution in [-0.4, -0.2) is 47.6 Å². The summed E-state index contributed by atoms with van der Waals surface area (Å²) in [5.74, 6) is -0.371. The van der Waals surface area contributed by atoms with Crippen LogP contribution in [-0.2, 0) is 4.74 Å². The minimum atomic E-state index is -0.520. The molecule has 1 aliphatic rings. The number of hydrazone groups is 1. The Labute approximate surface area is 206 Å². The molecule has 0 amide bonds. The number of nitrogens with one attached hydrogen (secondary N) is 2. The highest BCUT2D eigenvalue weighted by Crippen LogP contribution is 2.40. The van der Waals surface area contributed by atoms with Crippen molar-refractivity contribution >= 4 is 52.6 Å². The zero-order valence-electron chi connectivity index (χ0n) is 18.6. The molecule has 1 aliphatic heterocycles. The van der Waals surface area contributed by atoms with E-state index in [1.165, 1.54) is 6.21 Å². The molecule has 178 valence electrons. The van der Waals surface area contributed by atoms with Gasteiger partial charge < -0.3 is 20.1 Å². The van der Waals surface area contributed by atoms with Crippen molar-refractivity contribution in [3.05, 3.63) is 63.0 Å². The summed E-state index contributed by atoms with van der Waals surface area (Å²) in [5.41, 5.74) is 6.01. The second-order valence-corrected chi connectivity index (χ2v) is 8.50. The van der Waals surface area contributed by atoms with Gasteiger partial charge in [0.2, 0.25) is 5.95 Å². The number of para-hydroxylation sites is 1. The minimum absolute atomic E-state index is 0.119. The summed E-state index contributed by atoms with van der Waals surface area (Å²) >= 11 is 12.8. The number of hydrogen-bond acceptors (Lipinski definition) is 8. The highest BCUT2D eigenvalue weighted by Gasteiger charge is 2.18. The Bertz CT molecular complexity index is 1210. The second kappa shape index (κ2) is 10.4. The number of rotatable bonds is 6. The molecular weight excluding hydrogens is 482 g/mol. The molecule has 0 saturated carbocycles. The third-order valence-corrected chi connectivity index (χ3v) is 6.03. The first-order valence-corrected chi connectivity index (χ1v) is 11.3. The van der Waals surface area contributed by atoms with Gasteiger partial charge in [0.05, 0.1) is 42.0 Å².